The molecule has 0 bridgehead atoms. The molecule has 2 atom stereocenters. The van der Waals surface area contributed by atoms with Crippen LogP contribution in [0.1, 0.15) is 0 Å². The summed E-state index contributed by atoms with van der Waals surface area (Å²) in [5.74, 6) is 1.00. The number of nitrogens with zero attached hydrogens (tertiary/aromatic N) is 3. The molecule has 0 aliphatic carbocycles. The molecule has 1 aliphatic rings. The Kier molecular flexibility index (Phi) is 2.80. The van der Waals surface area contributed by atoms with E-state index in [0.717, 1.165) is 0 Å². The number of methoxy groups -OCH3 is 1. The summed E-state index contributed by atoms with van der Waals surface area (Å²) in [7, 11) is 1.49. The number of aliphatic hydroxyl groups excluding tert-OH is 2. The van der Waals surface area contributed by atoms with Crippen LogP contribution < -0.4 is 15.4 Å². The first-order valence-corrected chi connectivity index (χ1v) is 4.90. The minimum Gasteiger partial charge on any atom is -0.481 e. The number of β-amino-alcohol motifs (C(OH)–C–C–N with tert-alkyl or cyclic N) is 2. The van der Waals surface area contributed by atoms with Crippen LogP contribution in [0.25, 0.3) is 0 Å². The van der Waals surface area contributed by atoms with Crippen molar-refractivity contribution in [2.24, 2.45) is 0 Å². The molecule has 2 unspecified atom stereocenters. The molecule has 88 valence electrons. The van der Waals surface area contributed by atoms with Crippen LogP contribution >= 0.6 is 0 Å². The molecule has 7 heteroatoms. The standard InChI is InChI=1S/C9H14N4O3/c1-16-8-2-7(11-9(10)12-8)13-3-5(14)6(15)4-13/h2,5-6,14-15H,3-4H2,1H3,(H2,10,11,12). The van der Waals surface area contributed by atoms with Crippen molar-refractivity contribution < 1.29 is 14.9 Å². The summed E-state index contributed by atoms with van der Waals surface area (Å²) in [6, 6.07) is 1.61. The molecule has 1 aliphatic heterocycles. The molecule has 0 aromatic carbocycles. The molecule has 0 saturated carbocycles. The fraction of sp³-hybridized carbons (Fsp3) is 0.556. The molecule has 0 radical (unpaired) electrons. The van der Waals surface area contributed by atoms with Crippen LogP contribution in [0.15, 0.2) is 6.07 Å². The van der Waals surface area contributed by atoms with Gasteiger partial charge in [-0.25, -0.2) is 0 Å². The lowest BCUT2D eigenvalue weighted by Gasteiger charge is -2.16. The minimum absolute atomic E-state index is 0.102. The van der Waals surface area contributed by atoms with E-state index < -0.39 is 12.2 Å². The number of aromatic nitrogens is 2. The molecule has 4 N–H and O–H groups in total. The number of nitrogen functional groups attached to an aromatic ring is 1. The molecule has 0 amide bonds. The molecule has 16 heavy (non-hydrogen) atoms. The number of rotatable bonds is 2. The quantitative estimate of drug-likeness (QED) is 0.570. The monoisotopic (exact) mass is 226 g/mol. The summed E-state index contributed by atoms with van der Waals surface area (Å²) < 4.78 is 4.97. The number of hydrogen-bond donors (Lipinski definition) is 3. The van der Waals surface area contributed by atoms with E-state index in [4.69, 9.17) is 10.5 Å². The minimum atomic E-state index is -0.762. The second kappa shape index (κ2) is 4.11. The molecule has 2 heterocycles. The van der Waals surface area contributed by atoms with Crippen LogP contribution in [0.4, 0.5) is 11.8 Å². The first-order chi connectivity index (χ1) is 7.60. The van der Waals surface area contributed by atoms with E-state index in [9.17, 15) is 10.2 Å². The highest BCUT2D eigenvalue weighted by molar-refractivity contribution is 5.46. The molecule has 1 aromatic rings. The van der Waals surface area contributed by atoms with Crippen molar-refractivity contribution in [3.8, 4) is 5.88 Å². The number of nitrogens with two attached hydrogens (primary N) is 1. The number of aliphatic hydroxyl groups is 2. The highest BCUT2D eigenvalue weighted by atomic mass is 16.5. The van der Waals surface area contributed by atoms with Gasteiger partial charge >= 0.3 is 0 Å². The van der Waals surface area contributed by atoms with E-state index in [0.29, 0.717) is 24.8 Å². The average molecular weight is 226 g/mol. The van der Waals surface area contributed by atoms with Gasteiger partial charge in [0, 0.05) is 19.2 Å². The third kappa shape index (κ3) is 2.00. The zero-order chi connectivity index (χ0) is 11.7. The number of anilines is 2. The molecule has 2 rings (SSSR count). The Labute approximate surface area is 92.5 Å². The second-order valence-corrected chi connectivity index (χ2v) is 3.67. The lowest BCUT2D eigenvalue weighted by Crippen LogP contribution is -2.22. The summed E-state index contributed by atoms with van der Waals surface area (Å²) in [4.78, 5) is 9.61. The van der Waals surface area contributed by atoms with Gasteiger partial charge in [-0.15, -0.1) is 0 Å². The fourth-order valence-corrected chi connectivity index (χ4v) is 1.65. The lowest BCUT2D eigenvalue weighted by molar-refractivity contribution is 0.0572. The molecule has 1 aromatic heterocycles. The van der Waals surface area contributed by atoms with Gasteiger partial charge in [-0.1, -0.05) is 0 Å². The first kappa shape index (κ1) is 10.9. The van der Waals surface area contributed by atoms with Crippen LogP contribution in [-0.2, 0) is 0 Å². The van der Waals surface area contributed by atoms with Crippen molar-refractivity contribution in [2.75, 3.05) is 30.8 Å². The summed E-state index contributed by atoms with van der Waals surface area (Å²) in [6.45, 7) is 0.640. The Balaban J connectivity index is 2.24. The van der Waals surface area contributed by atoms with Crippen molar-refractivity contribution in [1.82, 2.24) is 9.97 Å². The Bertz CT molecular complexity index is 377. The zero-order valence-electron chi connectivity index (χ0n) is 8.87. The van der Waals surface area contributed by atoms with Gasteiger partial charge in [-0.3, -0.25) is 0 Å². The van der Waals surface area contributed by atoms with Gasteiger partial charge in [0.1, 0.15) is 5.82 Å². The normalized spacial score (nSPS) is 24.8. The lowest BCUT2D eigenvalue weighted by atomic mass is 10.3. The summed E-state index contributed by atoms with van der Waals surface area (Å²) >= 11 is 0. The SMILES string of the molecule is COc1cc(N2CC(O)C(O)C2)nc(N)n1. The van der Waals surface area contributed by atoms with Crippen LogP contribution in [0, 0.1) is 0 Å². The van der Waals surface area contributed by atoms with E-state index in [1.807, 2.05) is 0 Å². The van der Waals surface area contributed by atoms with Crippen molar-refractivity contribution in [1.29, 1.82) is 0 Å². The van der Waals surface area contributed by atoms with Crippen LogP contribution in [0.5, 0.6) is 5.88 Å². The van der Waals surface area contributed by atoms with E-state index in [2.05, 4.69) is 9.97 Å². The van der Waals surface area contributed by atoms with Crippen molar-refractivity contribution in [3.05, 3.63) is 6.07 Å². The van der Waals surface area contributed by atoms with Gasteiger partial charge < -0.3 is 25.6 Å². The third-order valence-corrected chi connectivity index (χ3v) is 2.50. The first-order valence-electron chi connectivity index (χ1n) is 4.90. The average Bonchev–Trinajstić information content (AvgIpc) is 2.58. The molecule has 0 spiro atoms. The van der Waals surface area contributed by atoms with Crippen LogP contribution in [0.3, 0.4) is 0 Å². The van der Waals surface area contributed by atoms with Gasteiger partial charge in [0.25, 0.3) is 0 Å². The third-order valence-electron chi connectivity index (χ3n) is 2.50. The van der Waals surface area contributed by atoms with Crippen molar-refractivity contribution in [2.45, 2.75) is 12.2 Å². The van der Waals surface area contributed by atoms with E-state index >= 15 is 0 Å². The Morgan fingerprint density at radius 2 is 2.00 bits per heavy atom. The smallest absolute Gasteiger partial charge is 0.225 e. The number of hydrogen-bond acceptors (Lipinski definition) is 7. The van der Waals surface area contributed by atoms with Gasteiger partial charge in [-0.05, 0) is 0 Å². The van der Waals surface area contributed by atoms with Gasteiger partial charge in [0.05, 0.1) is 19.3 Å². The number of ether oxygens (including phenoxy) is 1. The Hall–Kier alpha value is -1.60. The van der Waals surface area contributed by atoms with E-state index in [1.54, 1.807) is 11.0 Å². The molecule has 1 fully saturated rings. The van der Waals surface area contributed by atoms with Crippen LogP contribution in [0.2, 0.25) is 0 Å². The summed E-state index contributed by atoms with van der Waals surface area (Å²) in [5.41, 5.74) is 5.52. The van der Waals surface area contributed by atoms with Crippen LogP contribution in [-0.4, -0.2) is 52.6 Å². The highest BCUT2D eigenvalue weighted by Crippen LogP contribution is 2.22. The van der Waals surface area contributed by atoms with E-state index in [1.165, 1.54) is 7.11 Å². The fourth-order valence-electron chi connectivity index (χ4n) is 1.65. The van der Waals surface area contributed by atoms with Gasteiger partial charge in [-0.2, -0.15) is 9.97 Å². The zero-order valence-corrected chi connectivity index (χ0v) is 8.87. The summed E-state index contributed by atoms with van der Waals surface area (Å²) in [6.07, 6.45) is -1.52. The van der Waals surface area contributed by atoms with Gasteiger partial charge in [0.15, 0.2) is 0 Å². The predicted molar refractivity (Wildman–Crippen MR) is 57.2 cm³/mol. The molecule has 7 nitrogen and oxygen atoms in total. The Morgan fingerprint density at radius 3 is 2.56 bits per heavy atom. The van der Waals surface area contributed by atoms with Gasteiger partial charge in [0.2, 0.25) is 11.8 Å². The molecular weight excluding hydrogens is 212 g/mol. The predicted octanol–water partition coefficient (Wildman–Crippen LogP) is -1.39. The maximum atomic E-state index is 9.43. The van der Waals surface area contributed by atoms with Crippen molar-refractivity contribution >= 4 is 11.8 Å². The second-order valence-electron chi connectivity index (χ2n) is 3.67. The van der Waals surface area contributed by atoms with Crippen molar-refractivity contribution in [3.63, 3.8) is 0 Å². The topological polar surface area (TPSA) is 105 Å². The Morgan fingerprint density at radius 1 is 1.38 bits per heavy atom. The maximum absolute atomic E-state index is 9.43. The molecular formula is C9H14N4O3. The summed E-state index contributed by atoms with van der Waals surface area (Å²) in [5, 5.41) is 18.9. The largest absolute Gasteiger partial charge is 0.481 e. The molecule has 1 saturated heterocycles. The van der Waals surface area contributed by atoms with E-state index in [-0.39, 0.29) is 5.95 Å². The highest BCUT2D eigenvalue weighted by Gasteiger charge is 2.30. The maximum Gasteiger partial charge on any atom is 0.225 e.